The number of ether oxygens (including phenoxy) is 1. The molecule has 0 unspecified atom stereocenters. The molecule has 0 spiro atoms. The van der Waals surface area contributed by atoms with Gasteiger partial charge >= 0.3 is 6.18 Å². The third-order valence-corrected chi connectivity index (χ3v) is 3.93. The molecule has 0 atom stereocenters. The number of fused-ring (bicyclic) bond motifs is 1. The Morgan fingerprint density at radius 2 is 1.96 bits per heavy atom. The van der Waals surface area contributed by atoms with Gasteiger partial charge in [0.25, 0.3) is 5.91 Å². The molecule has 3 aromatic rings. The lowest BCUT2D eigenvalue weighted by molar-refractivity contribution is -0.173. The number of nitrogens with zero attached hydrogens (tertiary/aromatic N) is 3. The van der Waals surface area contributed by atoms with Crippen LogP contribution in [-0.4, -0.2) is 46.6 Å². The van der Waals surface area contributed by atoms with Crippen LogP contribution in [0.2, 0.25) is 0 Å². The number of nitrogens with one attached hydrogen (secondary N) is 1. The lowest BCUT2D eigenvalue weighted by Crippen LogP contribution is -2.26. The molecule has 2 heterocycles. The van der Waals surface area contributed by atoms with Crippen LogP contribution in [0, 0.1) is 0 Å². The van der Waals surface area contributed by atoms with E-state index in [4.69, 9.17) is 0 Å². The van der Waals surface area contributed by atoms with Crippen molar-refractivity contribution in [2.45, 2.75) is 19.1 Å². The zero-order chi connectivity index (χ0) is 20.0. The highest BCUT2D eigenvalue weighted by molar-refractivity contribution is 5.96. The van der Waals surface area contributed by atoms with Crippen molar-refractivity contribution in [1.82, 2.24) is 20.1 Å². The molecule has 3 rings (SSSR count). The quantitative estimate of drug-likeness (QED) is 0.598. The van der Waals surface area contributed by atoms with E-state index in [1.165, 1.54) is 6.20 Å². The first-order chi connectivity index (χ1) is 13.4. The van der Waals surface area contributed by atoms with E-state index < -0.39 is 12.8 Å². The second-order valence-corrected chi connectivity index (χ2v) is 6.20. The largest absolute Gasteiger partial charge is 0.411 e. The van der Waals surface area contributed by atoms with Crippen molar-refractivity contribution >= 4 is 16.9 Å². The molecule has 0 fully saturated rings. The van der Waals surface area contributed by atoms with Gasteiger partial charge in [0, 0.05) is 24.7 Å². The maximum atomic E-state index is 12.2. The third-order valence-electron chi connectivity index (χ3n) is 3.93. The number of carbonyl (C=O) groups is 1. The van der Waals surface area contributed by atoms with Gasteiger partial charge in [-0.3, -0.25) is 4.79 Å². The topological polar surface area (TPSA) is 69.0 Å². The SMILES string of the molecule is O=C(NCCCOCC(F)(F)F)c1cnc2c(cnn2Cc2ccccc2)c1. The summed E-state index contributed by atoms with van der Waals surface area (Å²) in [6.07, 6.45) is -0.949. The van der Waals surface area contributed by atoms with Crippen LogP contribution in [0.4, 0.5) is 13.2 Å². The van der Waals surface area contributed by atoms with Gasteiger partial charge in [0.1, 0.15) is 6.61 Å². The molecular weight excluding hydrogens is 373 g/mol. The number of amides is 1. The van der Waals surface area contributed by atoms with E-state index in [-0.39, 0.29) is 25.5 Å². The van der Waals surface area contributed by atoms with E-state index >= 15 is 0 Å². The van der Waals surface area contributed by atoms with Crippen LogP contribution in [0.3, 0.4) is 0 Å². The third kappa shape index (κ3) is 5.53. The van der Waals surface area contributed by atoms with E-state index in [1.807, 2.05) is 30.3 Å². The fraction of sp³-hybridized carbons (Fsp3) is 0.316. The first-order valence-corrected chi connectivity index (χ1v) is 8.70. The van der Waals surface area contributed by atoms with Crippen molar-refractivity contribution in [3.63, 3.8) is 0 Å². The lowest BCUT2D eigenvalue weighted by Gasteiger charge is -2.08. The van der Waals surface area contributed by atoms with Gasteiger partial charge in [-0.05, 0) is 18.1 Å². The highest BCUT2D eigenvalue weighted by Gasteiger charge is 2.27. The summed E-state index contributed by atoms with van der Waals surface area (Å²) in [6, 6.07) is 11.5. The number of rotatable bonds is 8. The Hall–Kier alpha value is -2.94. The molecule has 0 radical (unpaired) electrons. The summed E-state index contributed by atoms with van der Waals surface area (Å²) in [7, 11) is 0. The van der Waals surface area contributed by atoms with Gasteiger partial charge in [0.15, 0.2) is 5.65 Å². The number of hydrogen-bond donors (Lipinski definition) is 1. The minimum Gasteiger partial charge on any atom is -0.372 e. The Kier molecular flexibility index (Phi) is 6.25. The molecule has 0 aliphatic rings. The molecule has 1 aromatic carbocycles. The summed E-state index contributed by atoms with van der Waals surface area (Å²) in [5.41, 5.74) is 2.12. The van der Waals surface area contributed by atoms with Gasteiger partial charge < -0.3 is 10.1 Å². The fourth-order valence-corrected chi connectivity index (χ4v) is 2.63. The average Bonchev–Trinajstić information content (AvgIpc) is 3.06. The number of benzene rings is 1. The highest BCUT2D eigenvalue weighted by Crippen LogP contribution is 2.15. The summed E-state index contributed by atoms with van der Waals surface area (Å²) < 4.78 is 42.1. The smallest absolute Gasteiger partial charge is 0.372 e. The lowest BCUT2D eigenvalue weighted by atomic mass is 10.2. The number of carbonyl (C=O) groups excluding carboxylic acids is 1. The molecule has 28 heavy (non-hydrogen) atoms. The first-order valence-electron chi connectivity index (χ1n) is 8.70. The summed E-state index contributed by atoms with van der Waals surface area (Å²) in [6.45, 7) is -0.583. The predicted octanol–water partition coefficient (Wildman–Crippen LogP) is 3.18. The Morgan fingerprint density at radius 1 is 1.18 bits per heavy atom. The minimum atomic E-state index is -4.34. The van der Waals surface area contributed by atoms with Crippen LogP contribution in [0.15, 0.2) is 48.8 Å². The maximum absolute atomic E-state index is 12.2. The van der Waals surface area contributed by atoms with Crippen LogP contribution in [0.1, 0.15) is 22.3 Å². The van der Waals surface area contributed by atoms with Crippen molar-refractivity contribution in [3.8, 4) is 0 Å². The molecule has 148 valence electrons. The summed E-state index contributed by atoms with van der Waals surface area (Å²) in [5.74, 6) is -0.346. The fourth-order valence-electron chi connectivity index (χ4n) is 2.63. The Bertz CT molecular complexity index is 926. The van der Waals surface area contributed by atoms with Crippen LogP contribution < -0.4 is 5.32 Å². The van der Waals surface area contributed by atoms with Crippen molar-refractivity contribution in [3.05, 3.63) is 59.9 Å². The minimum absolute atomic E-state index is 0.0800. The molecule has 0 saturated carbocycles. The van der Waals surface area contributed by atoms with Gasteiger partial charge in [0.05, 0.1) is 18.3 Å². The molecule has 0 aliphatic carbocycles. The van der Waals surface area contributed by atoms with E-state index in [0.29, 0.717) is 17.8 Å². The average molecular weight is 392 g/mol. The molecule has 0 aliphatic heterocycles. The maximum Gasteiger partial charge on any atom is 0.411 e. The van der Waals surface area contributed by atoms with E-state index in [0.717, 1.165) is 10.9 Å². The van der Waals surface area contributed by atoms with Crippen molar-refractivity contribution in [2.24, 2.45) is 0 Å². The monoisotopic (exact) mass is 392 g/mol. The number of hydrogen-bond acceptors (Lipinski definition) is 4. The Labute approximate surface area is 159 Å². The van der Waals surface area contributed by atoms with Crippen molar-refractivity contribution in [1.29, 1.82) is 0 Å². The molecule has 0 bridgehead atoms. The van der Waals surface area contributed by atoms with E-state index in [9.17, 15) is 18.0 Å². The first kappa shape index (κ1) is 19.8. The second-order valence-electron chi connectivity index (χ2n) is 6.20. The number of pyridine rings is 1. The number of aromatic nitrogens is 3. The van der Waals surface area contributed by atoms with Gasteiger partial charge in [-0.25, -0.2) is 9.67 Å². The van der Waals surface area contributed by atoms with E-state index in [1.54, 1.807) is 16.9 Å². The van der Waals surface area contributed by atoms with Gasteiger partial charge in [-0.1, -0.05) is 30.3 Å². The van der Waals surface area contributed by atoms with Crippen LogP contribution in [-0.2, 0) is 11.3 Å². The zero-order valence-corrected chi connectivity index (χ0v) is 14.9. The molecule has 2 aromatic heterocycles. The van der Waals surface area contributed by atoms with Gasteiger partial charge in [-0.15, -0.1) is 0 Å². The van der Waals surface area contributed by atoms with Crippen LogP contribution in [0.25, 0.3) is 11.0 Å². The normalized spacial score (nSPS) is 11.7. The highest BCUT2D eigenvalue weighted by atomic mass is 19.4. The Balaban J connectivity index is 1.53. The molecule has 1 N–H and O–H groups in total. The van der Waals surface area contributed by atoms with Crippen LogP contribution in [0.5, 0.6) is 0 Å². The molecule has 1 amide bonds. The van der Waals surface area contributed by atoms with Gasteiger partial charge in [-0.2, -0.15) is 18.3 Å². The number of halogens is 3. The van der Waals surface area contributed by atoms with Crippen molar-refractivity contribution < 1.29 is 22.7 Å². The number of alkyl halides is 3. The molecule has 6 nitrogen and oxygen atoms in total. The summed E-state index contributed by atoms with van der Waals surface area (Å²) in [5, 5.41) is 7.69. The molecule has 9 heteroatoms. The second kappa shape index (κ2) is 8.83. The standard InChI is InChI=1S/C19H19F3N4O2/c20-19(21,22)13-28-8-4-7-23-18(27)16-9-15-11-25-26(17(15)24-10-16)12-14-5-2-1-3-6-14/h1-3,5-6,9-11H,4,7-8,12-13H2,(H,23,27). The summed E-state index contributed by atoms with van der Waals surface area (Å²) >= 11 is 0. The molecular formula is C19H19F3N4O2. The van der Waals surface area contributed by atoms with Crippen molar-refractivity contribution in [2.75, 3.05) is 19.8 Å². The summed E-state index contributed by atoms with van der Waals surface area (Å²) in [4.78, 5) is 16.5. The van der Waals surface area contributed by atoms with Crippen LogP contribution >= 0.6 is 0 Å². The Morgan fingerprint density at radius 3 is 2.71 bits per heavy atom. The van der Waals surface area contributed by atoms with E-state index in [2.05, 4.69) is 20.1 Å². The predicted molar refractivity (Wildman–Crippen MR) is 96.9 cm³/mol. The zero-order valence-electron chi connectivity index (χ0n) is 14.9. The molecule has 0 saturated heterocycles. The van der Waals surface area contributed by atoms with Gasteiger partial charge in [0.2, 0.25) is 0 Å².